The van der Waals surface area contributed by atoms with Gasteiger partial charge in [-0.3, -0.25) is 0 Å². The Morgan fingerprint density at radius 3 is 2.14 bits per heavy atom. The first-order valence-corrected chi connectivity index (χ1v) is 5.82. The Balaban J connectivity index is 2.93. The Morgan fingerprint density at radius 1 is 1.00 bits per heavy atom. The molecule has 0 rings (SSSR count). The molecule has 0 aromatic heterocycles. The van der Waals surface area contributed by atoms with Crippen LogP contribution in [0.25, 0.3) is 0 Å². The van der Waals surface area contributed by atoms with Crippen LogP contribution in [-0.4, -0.2) is 6.21 Å². The zero-order valence-corrected chi connectivity index (χ0v) is 9.34. The highest BCUT2D eigenvalue weighted by molar-refractivity contribution is 5.58. The summed E-state index contributed by atoms with van der Waals surface area (Å²) in [5, 5.41) is 8.14. The molecule has 14 heavy (non-hydrogen) atoms. The summed E-state index contributed by atoms with van der Waals surface area (Å²) in [6.45, 7) is 2.24. The fraction of sp³-hybridized carbons (Fsp3) is 0.833. The van der Waals surface area contributed by atoms with Crippen LogP contribution in [0.15, 0.2) is 4.99 Å². The predicted octanol–water partition coefficient (Wildman–Crippen LogP) is 4.07. The molecule has 0 radical (unpaired) electrons. The molecule has 0 spiro atoms. The predicted molar refractivity (Wildman–Crippen MR) is 61.3 cm³/mol. The molecule has 2 nitrogen and oxygen atoms in total. The third kappa shape index (κ3) is 11.2. The monoisotopic (exact) mass is 194 g/mol. The summed E-state index contributed by atoms with van der Waals surface area (Å²) in [7, 11) is 0. The molecule has 0 aromatic carbocycles. The number of nitriles is 1. The molecule has 0 aliphatic heterocycles. The van der Waals surface area contributed by atoms with E-state index in [0.29, 0.717) is 0 Å². The van der Waals surface area contributed by atoms with Gasteiger partial charge in [-0.25, -0.2) is 0 Å². The molecule has 0 N–H and O–H groups in total. The van der Waals surface area contributed by atoms with Crippen LogP contribution in [-0.2, 0) is 0 Å². The molecule has 0 unspecified atom stereocenters. The Hall–Kier alpha value is -0.840. The van der Waals surface area contributed by atoms with E-state index in [9.17, 15) is 0 Å². The van der Waals surface area contributed by atoms with Crippen molar-refractivity contribution in [2.45, 2.75) is 64.7 Å². The maximum Gasteiger partial charge on any atom is 0.205 e. The molecular formula is C12H22N2. The Labute approximate surface area is 88.0 Å². The number of hydrogen-bond donors (Lipinski definition) is 0. The van der Waals surface area contributed by atoms with Crippen molar-refractivity contribution in [3.8, 4) is 6.19 Å². The highest BCUT2D eigenvalue weighted by Gasteiger charge is 1.90. The summed E-state index contributed by atoms with van der Waals surface area (Å²) in [6.07, 6.45) is 15.1. The van der Waals surface area contributed by atoms with Crippen LogP contribution in [0.2, 0.25) is 0 Å². The Kier molecular flexibility index (Phi) is 11.4. The van der Waals surface area contributed by atoms with Gasteiger partial charge in [0.05, 0.1) is 0 Å². The van der Waals surface area contributed by atoms with Crippen molar-refractivity contribution in [1.29, 1.82) is 5.26 Å². The second-order valence-electron chi connectivity index (χ2n) is 3.68. The van der Waals surface area contributed by atoms with Gasteiger partial charge in [-0.1, -0.05) is 51.9 Å². The minimum atomic E-state index is 0.961. The molecule has 0 fully saturated rings. The Morgan fingerprint density at radius 2 is 1.57 bits per heavy atom. The highest BCUT2D eigenvalue weighted by atomic mass is 14.7. The van der Waals surface area contributed by atoms with Gasteiger partial charge in [0, 0.05) is 6.21 Å². The first kappa shape index (κ1) is 13.2. The van der Waals surface area contributed by atoms with Crippen molar-refractivity contribution in [2.24, 2.45) is 4.99 Å². The lowest BCUT2D eigenvalue weighted by Crippen LogP contribution is -1.81. The largest absolute Gasteiger partial charge is 0.205 e. The lowest BCUT2D eigenvalue weighted by Gasteiger charge is -1.99. The van der Waals surface area contributed by atoms with Crippen molar-refractivity contribution in [2.75, 3.05) is 0 Å². The first-order valence-electron chi connectivity index (χ1n) is 5.82. The van der Waals surface area contributed by atoms with E-state index in [1.165, 1.54) is 51.4 Å². The molecular weight excluding hydrogens is 172 g/mol. The van der Waals surface area contributed by atoms with Crippen LogP contribution < -0.4 is 0 Å². The minimum Gasteiger partial charge on any atom is -0.186 e. The van der Waals surface area contributed by atoms with Gasteiger partial charge >= 0.3 is 0 Å². The molecule has 0 aliphatic rings. The summed E-state index contributed by atoms with van der Waals surface area (Å²) in [6, 6.07) is 0. The quantitative estimate of drug-likeness (QED) is 0.309. The molecule has 2 heteroatoms. The molecule has 0 heterocycles. The van der Waals surface area contributed by atoms with Gasteiger partial charge in [-0.15, -0.1) is 0 Å². The zero-order valence-electron chi connectivity index (χ0n) is 9.34. The molecule has 0 amide bonds. The van der Waals surface area contributed by atoms with E-state index in [1.807, 2.05) is 0 Å². The normalized spacial score (nSPS) is 10.6. The van der Waals surface area contributed by atoms with E-state index >= 15 is 0 Å². The van der Waals surface area contributed by atoms with Crippen molar-refractivity contribution in [1.82, 2.24) is 0 Å². The number of aliphatic imine (C=N–C) groups is 1. The second-order valence-corrected chi connectivity index (χ2v) is 3.68. The van der Waals surface area contributed by atoms with E-state index in [0.717, 1.165) is 6.42 Å². The van der Waals surface area contributed by atoms with Gasteiger partial charge in [0.1, 0.15) is 0 Å². The summed E-state index contributed by atoms with van der Waals surface area (Å²) in [5.41, 5.74) is 0. The van der Waals surface area contributed by atoms with Crippen LogP contribution in [0, 0.1) is 11.5 Å². The smallest absolute Gasteiger partial charge is 0.186 e. The van der Waals surface area contributed by atoms with Crippen LogP contribution in [0.1, 0.15) is 64.7 Å². The van der Waals surface area contributed by atoms with Gasteiger partial charge in [-0.2, -0.15) is 10.3 Å². The van der Waals surface area contributed by atoms with E-state index < -0.39 is 0 Å². The maximum absolute atomic E-state index is 8.14. The lowest BCUT2D eigenvalue weighted by atomic mass is 10.1. The fourth-order valence-corrected chi connectivity index (χ4v) is 1.47. The molecule has 0 aliphatic carbocycles. The molecule has 0 saturated carbocycles. The number of rotatable bonds is 9. The highest BCUT2D eigenvalue weighted by Crippen LogP contribution is 2.08. The van der Waals surface area contributed by atoms with Crippen LogP contribution in [0.4, 0.5) is 0 Å². The van der Waals surface area contributed by atoms with Crippen LogP contribution >= 0.6 is 0 Å². The van der Waals surface area contributed by atoms with Crippen molar-refractivity contribution >= 4 is 6.21 Å². The third-order valence-electron chi connectivity index (χ3n) is 2.34. The molecule has 0 bridgehead atoms. The van der Waals surface area contributed by atoms with E-state index in [2.05, 4.69) is 11.9 Å². The first-order chi connectivity index (χ1) is 6.91. The average molecular weight is 194 g/mol. The van der Waals surface area contributed by atoms with E-state index in [-0.39, 0.29) is 0 Å². The molecule has 0 saturated heterocycles. The van der Waals surface area contributed by atoms with Gasteiger partial charge in [0.2, 0.25) is 6.19 Å². The molecule has 0 aromatic rings. The topological polar surface area (TPSA) is 36.1 Å². The van der Waals surface area contributed by atoms with Crippen LogP contribution in [0.5, 0.6) is 0 Å². The fourth-order valence-electron chi connectivity index (χ4n) is 1.47. The van der Waals surface area contributed by atoms with E-state index in [4.69, 9.17) is 5.26 Å². The number of hydrogen-bond acceptors (Lipinski definition) is 2. The van der Waals surface area contributed by atoms with Gasteiger partial charge in [0.25, 0.3) is 0 Å². The second kappa shape index (κ2) is 12.2. The number of nitrogens with zero attached hydrogens (tertiary/aromatic N) is 2. The molecule has 0 atom stereocenters. The van der Waals surface area contributed by atoms with Crippen molar-refractivity contribution in [3.63, 3.8) is 0 Å². The third-order valence-corrected chi connectivity index (χ3v) is 2.34. The summed E-state index contributed by atoms with van der Waals surface area (Å²) < 4.78 is 0. The summed E-state index contributed by atoms with van der Waals surface area (Å²) in [5.74, 6) is 0. The minimum absolute atomic E-state index is 0.961. The van der Waals surface area contributed by atoms with Gasteiger partial charge in [0.15, 0.2) is 0 Å². The van der Waals surface area contributed by atoms with Gasteiger partial charge < -0.3 is 0 Å². The zero-order chi connectivity index (χ0) is 10.5. The maximum atomic E-state index is 8.14. The Bertz CT molecular complexity index is 168. The lowest BCUT2D eigenvalue weighted by molar-refractivity contribution is 0.581. The summed E-state index contributed by atoms with van der Waals surface area (Å²) in [4.78, 5) is 3.51. The van der Waals surface area contributed by atoms with Crippen LogP contribution in [0.3, 0.4) is 0 Å². The summed E-state index contributed by atoms with van der Waals surface area (Å²) >= 11 is 0. The molecule has 80 valence electrons. The van der Waals surface area contributed by atoms with Gasteiger partial charge in [-0.05, 0) is 12.8 Å². The standard InChI is InChI=1S/C12H22N2/c1-2-3-4-5-6-7-8-9-10-11-14-12-13/h11H,2-10H2,1H3. The van der Waals surface area contributed by atoms with Crippen molar-refractivity contribution < 1.29 is 0 Å². The SMILES string of the molecule is CCCCCCCCCCC=NC#N. The van der Waals surface area contributed by atoms with Crippen molar-refractivity contribution in [3.05, 3.63) is 0 Å². The van der Waals surface area contributed by atoms with E-state index in [1.54, 1.807) is 12.4 Å². The average Bonchev–Trinajstić information content (AvgIpc) is 2.21. The number of unbranched alkanes of at least 4 members (excludes halogenated alkanes) is 8.